The lowest BCUT2D eigenvalue weighted by atomic mass is 10.3. The van der Waals surface area contributed by atoms with Gasteiger partial charge in [-0.25, -0.2) is 4.98 Å². The van der Waals surface area contributed by atoms with Gasteiger partial charge in [0, 0.05) is 13.0 Å². The van der Waals surface area contributed by atoms with Gasteiger partial charge in [0.25, 0.3) is 0 Å². The van der Waals surface area contributed by atoms with E-state index in [1.807, 2.05) is 32.0 Å². The second-order valence-electron chi connectivity index (χ2n) is 4.63. The van der Waals surface area contributed by atoms with E-state index in [0.717, 1.165) is 5.52 Å². The Morgan fingerprint density at radius 1 is 1.47 bits per heavy atom. The Morgan fingerprint density at radius 3 is 2.84 bits per heavy atom. The van der Waals surface area contributed by atoms with Crippen molar-refractivity contribution in [3.8, 4) is 5.75 Å². The highest BCUT2D eigenvalue weighted by molar-refractivity contribution is 5.84. The predicted molar refractivity (Wildman–Crippen MR) is 73.7 cm³/mol. The molecule has 0 unspecified atom stereocenters. The number of nitrogens with two attached hydrogens (primary N) is 2. The summed E-state index contributed by atoms with van der Waals surface area (Å²) in [7, 11) is 0. The number of amides is 1. The number of nitrogen functional groups attached to an aromatic ring is 1. The number of imidazole rings is 1. The normalized spacial score (nSPS) is 11.1. The number of benzene rings is 1. The third-order valence-electron chi connectivity index (χ3n) is 2.72. The topological polar surface area (TPSA) is 96.2 Å². The van der Waals surface area contributed by atoms with E-state index in [4.69, 9.17) is 16.2 Å². The van der Waals surface area contributed by atoms with Crippen LogP contribution in [0.4, 0.5) is 5.95 Å². The monoisotopic (exact) mass is 262 g/mol. The number of hydrogen-bond donors (Lipinski definition) is 2. The molecule has 6 heteroatoms. The second-order valence-corrected chi connectivity index (χ2v) is 4.63. The number of carbonyl (C=O) groups is 1. The molecule has 0 saturated carbocycles. The van der Waals surface area contributed by atoms with Gasteiger partial charge in [0.05, 0.1) is 11.6 Å². The maximum atomic E-state index is 10.9. The van der Waals surface area contributed by atoms with Crippen molar-refractivity contribution in [3.05, 3.63) is 18.2 Å². The third-order valence-corrected chi connectivity index (χ3v) is 2.72. The van der Waals surface area contributed by atoms with Crippen molar-refractivity contribution < 1.29 is 9.53 Å². The average molecular weight is 262 g/mol. The molecule has 0 bridgehead atoms. The summed E-state index contributed by atoms with van der Waals surface area (Å²) in [5, 5.41) is 0. The molecule has 0 aliphatic heterocycles. The summed E-state index contributed by atoms with van der Waals surface area (Å²) >= 11 is 0. The molecule has 2 aromatic rings. The summed E-state index contributed by atoms with van der Waals surface area (Å²) < 4.78 is 7.47. The number of aryl methyl sites for hydroxylation is 1. The number of ether oxygens (including phenoxy) is 1. The predicted octanol–water partition coefficient (Wildman–Crippen LogP) is 1.28. The molecule has 19 heavy (non-hydrogen) atoms. The Labute approximate surface area is 111 Å². The molecule has 0 aliphatic carbocycles. The average Bonchev–Trinajstić information content (AvgIpc) is 2.63. The lowest BCUT2D eigenvalue weighted by molar-refractivity contribution is -0.118. The van der Waals surface area contributed by atoms with Crippen LogP contribution >= 0.6 is 0 Å². The van der Waals surface area contributed by atoms with Crippen LogP contribution in [-0.4, -0.2) is 21.6 Å². The minimum Gasteiger partial charge on any atom is -0.489 e. The minimum atomic E-state index is -0.365. The Balaban J connectivity index is 2.43. The number of para-hydroxylation sites is 1. The highest BCUT2D eigenvalue weighted by Gasteiger charge is 2.13. The molecule has 0 radical (unpaired) electrons. The van der Waals surface area contributed by atoms with Crippen LogP contribution in [0.5, 0.6) is 5.75 Å². The molecular formula is C13H18N4O2. The smallest absolute Gasteiger partial charge is 0.219 e. The SMILES string of the molecule is CC(C)Oc1cccc2c1nc(N)n2CCC(N)=O. The number of anilines is 1. The van der Waals surface area contributed by atoms with Gasteiger partial charge in [-0.05, 0) is 26.0 Å². The van der Waals surface area contributed by atoms with E-state index in [0.29, 0.717) is 23.8 Å². The van der Waals surface area contributed by atoms with Gasteiger partial charge >= 0.3 is 0 Å². The number of rotatable bonds is 5. The van der Waals surface area contributed by atoms with Crippen LogP contribution in [0.15, 0.2) is 18.2 Å². The van der Waals surface area contributed by atoms with Crippen LogP contribution < -0.4 is 16.2 Å². The first-order valence-electron chi connectivity index (χ1n) is 6.18. The lowest BCUT2D eigenvalue weighted by Gasteiger charge is -2.10. The molecule has 102 valence electrons. The number of fused-ring (bicyclic) bond motifs is 1. The maximum Gasteiger partial charge on any atom is 0.219 e. The first-order valence-corrected chi connectivity index (χ1v) is 6.18. The summed E-state index contributed by atoms with van der Waals surface area (Å²) in [6.45, 7) is 4.32. The van der Waals surface area contributed by atoms with Crippen molar-refractivity contribution in [2.45, 2.75) is 32.9 Å². The minimum absolute atomic E-state index is 0.0580. The van der Waals surface area contributed by atoms with Crippen molar-refractivity contribution in [2.75, 3.05) is 5.73 Å². The highest BCUT2D eigenvalue weighted by atomic mass is 16.5. The van der Waals surface area contributed by atoms with Gasteiger partial charge in [0.15, 0.2) is 0 Å². The summed E-state index contributed by atoms with van der Waals surface area (Å²) in [5.41, 5.74) is 12.6. The largest absolute Gasteiger partial charge is 0.489 e. The zero-order chi connectivity index (χ0) is 14.0. The standard InChI is InChI=1S/C13H18N4O2/c1-8(2)19-10-5-3-4-9-12(10)16-13(15)17(9)7-6-11(14)18/h3-5,8H,6-7H2,1-2H3,(H2,14,18)(H2,15,16). The Morgan fingerprint density at radius 2 is 2.21 bits per heavy atom. The van der Waals surface area contributed by atoms with Crippen molar-refractivity contribution in [1.82, 2.24) is 9.55 Å². The van der Waals surface area contributed by atoms with Gasteiger partial charge in [0.1, 0.15) is 11.3 Å². The molecule has 0 spiro atoms. The fourth-order valence-corrected chi connectivity index (χ4v) is 1.95. The summed E-state index contributed by atoms with van der Waals surface area (Å²) in [5.74, 6) is 0.684. The van der Waals surface area contributed by atoms with Crippen molar-refractivity contribution >= 4 is 22.9 Å². The lowest BCUT2D eigenvalue weighted by Crippen LogP contribution is -2.14. The van der Waals surface area contributed by atoms with Crippen LogP contribution in [0.3, 0.4) is 0 Å². The molecule has 2 rings (SSSR count). The zero-order valence-electron chi connectivity index (χ0n) is 11.1. The van der Waals surface area contributed by atoms with Gasteiger partial charge in [-0.2, -0.15) is 0 Å². The third kappa shape index (κ3) is 2.78. The molecule has 6 nitrogen and oxygen atoms in total. The van der Waals surface area contributed by atoms with Crippen LogP contribution in [0.1, 0.15) is 20.3 Å². The van der Waals surface area contributed by atoms with Gasteiger partial charge in [-0.1, -0.05) is 6.07 Å². The van der Waals surface area contributed by atoms with Gasteiger partial charge in [0.2, 0.25) is 11.9 Å². The van der Waals surface area contributed by atoms with Gasteiger partial charge < -0.3 is 20.8 Å². The molecule has 1 aromatic heterocycles. The van der Waals surface area contributed by atoms with E-state index in [-0.39, 0.29) is 18.4 Å². The fourth-order valence-electron chi connectivity index (χ4n) is 1.95. The fraction of sp³-hybridized carbons (Fsp3) is 0.385. The molecule has 0 fully saturated rings. The van der Waals surface area contributed by atoms with Crippen molar-refractivity contribution in [2.24, 2.45) is 5.73 Å². The molecule has 1 aromatic carbocycles. The molecule has 4 N–H and O–H groups in total. The van der Waals surface area contributed by atoms with E-state index in [9.17, 15) is 4.79 Å². The molecule has 0 saturated heterocycles. The number of aromatic nitrogens is 2. The van der Waals surface area contributed by atoms with Gasteiger partial charge in [-0.3, -0.25) is 4.79 Å². The van der Waals surface area contributed by atoms with E-state index in [2.05, 4.69) is 4.98 Å². The number of carbonyl (C=O) groups excluding carboxylic acids is 1. The molecule has 1 heterocycles. The van der Waals surface area contributed by atoms with E-state index in [1.54, 1.807) is 4.57 Å². The molecule has 0 atom stereocenters. The first-order chi connectivity index (χ1) is 8.99. The van der Waals surface area contributed by atoms with E-state index >= 15 is 0 Å². The van der Waals surface area contributed by atoms with Crippen LogP contribution in [0.25, 0.3) is 11.0 Å². The summed E-state index contributed by atoms with van der Waals surface area (Å²) in [4.78, 5) is 15.2. The Bertz CT molecular complexity index is 604. The Hall–Kier alpha value is -2.24. The first kappa shape index (κ1) is 13.2. The number of nitrogens with zero attached hydrogens (tertiary/aromatic N) is 2. The van der Waals surface area contributed by atoms with Gasteiger partial charge in [-0.15, -0.1) is 0 Å². The zero-order valence-corrected chi connectivity index (χ0v) is 11.1. The molecule has 0 aliphatic rings. The van der Waals surface area contributed by atoms with E-state index < -0.39 is 0 Å². The van der Waals surface area contributed by atoms with Crippen LogP contribution in [0, 0.1) is 0 Å². The molecule has 1 amide bonds. The number of primary amides is 1. The molecular weight excluding hydrogens is 244 g/mol. The van der Waals surface area contributed by atoms with Crippen LogP contribution in [-0.2, 0) is 11.3 Å². The maximum absolute atomic E-state index is 10.9. The van der Waals surface area contributed by atoms with Crippen LogP contribution in [0.2, 0.25) is 0 Å². The summed E-state index contributed by atoms with van der Waals surface area (Å²) in [6, 6.07) is 5.63. The quantitative estimate of drug-likeness (QED) is 0.848. The second kappa shape index (κ2) is 5.17. The van der Waals surface area contributed by atoms with E-state index in [1.165, 1.54) is 0 Å². The highest BCUT2D eigenvalue weighted by Crippen LogP contribution is 2.27. The number of hydrogen-bond acceptors (Lipinski definition) is 4. The Kier molecular flexibility index (Phi) is 3.59. The summed E-state index contributed by atoms with van der Waals surface area (Å²) in [6.07, 6.45) is 0.285. The van der Waals surface area contributed by atoms with Crippen molar-refractivity contribution in [1.29, 1.82) is 0 Å². The van der Waals surface area contributed by atoms with Crippen molar-refractivity contribution in [3.63, 3.8) is 0 Å².